The van der Waals surface area contributed by atoms with Crippen LogP contribution in [0, 0.1) is 0 Å². The van der Waals surface area contributed by atoms with Crippen LogP contribution in [-0.4, -0.2) is 22.6 Å². The topological polar surface area (TPSA) is 89.5 Å². The molecule has 7 heteroatoms. The van der Waals surface area contributed by atoms with Crippen molar-refractivity contribution in [3.05, 3.63) is 70.3 Å². The second-order valence-corrected chi connectivity index (χ2v) is 6.23. The summed E-state index contributed by atoms with van der Waals surface area (Å²) in [4.78, 5) is 23.4. The van der Waals surface area contributed by atoms with Crippen LogP contribution in [0.4, 0.5) is 0 Å². The standard InChI is InChI=1S/C18H15BrN4O2/c19-15-7-3-1-6-14(15)18(25)22-21-9-12-10-23(11-17(20)24)16-8-4-2-5-13(12)16/h1-10H,11H2,(H2,20,24)(H,22,25). The monoisotopic (exact) mass is 398 g/mol. The fraction of sp³-hybridized carbons (Fsp3) is 0.0556. The molecule has 0 aliphatic carbocycles. The number of para-hydroxylation sites is 1. The second kappa shape index (κ2) is 7.31. The number of benzene rings is 2. The fourth-order valence-electron chi connectivity index (χ4n) is 2.54. The number of hydrogen-bond acceptors (Lipinski definition) is 3. The molecule has 1 aromatic heterocycles. The van der Waals surface area contributed by atoms with E-state index in [1.54, 1.807) is 35.2 Å². The molecule has 3 N–H and O–H groups in total. The van der Waals surface area contributed by atoms with Crippen molar-refractivity contribution in [2.45, 2.75) is 6.54 Å². The van der Waals surface area contributed by atoms with Crippen molar-refractivity contribution in [1.82, 2.24) is 9.99 Å². The van der Waals surface area contributed by atoms with Crippen LogP contribution in [0.5, 0.6) is 0 Å². The molecule has 25 heavy (non-hydrogen) atoms. The van der Waals surface area contributed by atoms with Gasteiger partial charge in [0.1, 0.15) is 6.54 Å². The lowest BCUT2D eigenvalue weighted by Gasteiger charge is -2.01. The number of fused-ring (bicyclic) bond motifs is 1. The van der Waals surface area contributed by atoms with Crippen LogP contribution in [0.1, 0.15) is 15.9 Å². The van der Waals surface area contributed by atoms with Crippen LogP contribution in [-0.2, 0) is 11.3 Å². The largest absolute Gasteiger partial charge is 0.368 e. The molecule has 0 aliphatic rings. The first-order valence-corrected chi connectivity index (χ1v) is 8.29. The molecular formula is C18H15BrN4O2. The van der Waals surface area contributed by atoms with Crippen LogP contribution in [0.25, 0.3) is 10.9 Å². The molecule has 2 aromatic carbocycles. The lowest BCUT2D eigenvalue weighted by Crippen LogP contribution is -2.18. The van der Waals surface area contributed by atoms with Gasteiger partial charge < -0.3 is 10.3 Å². The van der Waals surface area contributed by atoms with Crippen LogP contribution in [0.3, 0.4) is 0 Å². The molecule has 3 rings (SSSR count). The van der Waals surface area contributed by atoms with Gasteiger partial charge in [-0.25, -0.2) is 5.43 Å². The smallest absolute Gasteiger partial charge is 0.272 e. The minimum Gasteiger partial charge on any atom is -0.368 e. The molecular weight excluding hydrogens is 384 g/mol. The number of nitrogens with zero attached hydrogens (tertiary/aromatic N) is 2. The van der Waals surface area contributed by atoms with Gasteiger partial charge in [-0.1, -0.05) is 30.3 Å². The molecule has 3 aromatic rings. The van der Waals surface area contributed by atoms with E-state index >= 15 is 0 Å². The molecule has 0 saturated carbocycles. The Hall–Kier alpha value is -2.93. The van der Waals surface area contributed by atoms with Crippen molar-refractivity contribution < 1.29 is 9.59 Å². The predicted molar refractivity (Wildman–Crippen MR) is 100 cm³/mol. The van der Waals surface area contributed by atoms with E-state index in [1.807, 2.05) is 30.3 Å². The highest BCUT2D eigenvalue weighted by Crippen LogP contribution is 2.20. The van der Waals surface area contributed by atoms with Crippen LogP contribution in [0.2, 0.25) is 0 Å². The first-order chi connectivity index (χ1) is 12.1. The van der Waals surface area contributed by atoms with Crippen molar-refractivity contribution >= 4 is 44.9 Å². The highest BCUT2D eigenvalue weighted by Gasteiger charge is 2.09. The average molecular weight is 399 g/mol. The zero-order valence-electron chi connectivity index (χ0n) is 13.1. The zero-order chi connectivity index (χ0) is 17.8. The van der Waals surface area contributed by atoms with Gasteiger partial charge in [-0.3, -0.25) is 9.59 Å². The minimum absolute atomic E-state index is 0.0810. The number of carbonyl (C=O) groups is 2. The number of hydrazone groups is 1. The molecule has 6 nitrogen and oxygen atoms in total. The molecule has 0 radical (unpaired) electrons. The molecule has 0 spiro atoms. The maximum absolute atomic E-state index is 12.1. The molecule has 0 saturated heterocycles. The highest BCUT2D eigenvalue weighted by molar-refractivity contribution is 9.10. The van der Waals surface area contributed by atoms with Crippen LogP contribution >= 0.6 is 15.9 Å². The Morgan fingerprint density at radius 3 is 2.64 bits per heavy atom. The number of amides is 2. The predicted octanol–water partition coefficient (Wildman–Crippen LogP) is 2.65. The van der Waals surface area contributed by atoms with E-state index < -0.39 is 5.91 Å². The number of carbonyl (C=O) groups excluding carboxylic acids is 2. The summed E-state index contributed by atoms with van der Waals surface area (Å²) in [5, 5.41) is 4.95. The van der Waals surface area contributed by atoms with Gasteiger partial charge in [0.05, 0.1) is 11.8 Å². The second-order valence-electron chi connectivity index (χ2n) is 5.37. The van der Waals surface area contributed by atoms with Crippen molar-refractivity contribution in [3.8, 4) is 0 Å². The average Bonchev–Trinajstić information content (AvgIpc) is 2.93. The summed E-state index contributed by atoms with van der Waals surface area (Å²) in [7, 11) is 0. The lowest BCUT2D eigenvalue weighted by molar-refractivity contribution is -0.118. The van der Waals surface area contributed by atoms with E-state index in [0.29, 0.717) is 10.0 Å². The number of nitrogens with two attached hydrogens (primary N) is 1. The minimum atomic E-state index is -0.425. The third kappa shape index (κ3) is 3.77. The van der Waals surface area contributed by atoms with Crippen molar-refractivity contribution in [2.75, 3.05) is 0 Å². The van der Waals surface area contributed by atoms with Gasteiger partial charge in [-0.05, 0) is 34.1 Å². The molecule has 0 bridgehead atoms. The summed E-state index contributed by atoms with van der Waals surface area (Å²) in [5.74, 6) is -0.740. The molecule has 2 amide bonds. The Morgan fingerprint density at radius 2 is 1.88 bits per heavy atom. The van der Waals surface area contributed by atoms with Crippen LogP contribution < -0.4 is 11.2 Å². The van der Waals surface area contributed by atoms with Crippen molar-refractivity contribution in [2.24, 2.45) is 10.8 Å². The van der Waals surface area contributed by atoms with Gasteiger partial charge >= 0.3 is 0 Å². The fourth-order valence-corrected chi connectivity index (χ4v) is 3.01. The summed E-state index contributed by atoms with van der Waals surface area (Å²) < 4.78 is 2.45. The summed E-state index contributed by atoms with van der Waals surface area (Å²) in [6.45, 7) is 0.0810. The number of rotatable bonds is 5. The van der Waals surface area contributed by atoms with Crippen molar-refractivity contribution in [1.29, 1.82) is 0 Å². The summed E-state index contributed by atoms with van der Waals surface area (Å²) in [5.41, 5.74) is 9.94. The third-order valence-electron chi connectivity index (χ3n) is 3.63. The lowest BCUT2D eigenvalue weighted by atomic mass is 10.2. The normalized spacial score (nSPS) is 11.1. The Morgan fingerprint density at radius 1 is 1.16 bits per heavy atom. The number of halogens is 1. The first-order valence-electron chi connectivity index (χ1n) is 7.50. The molecule has 0 fully saturated rings. The maximum atomic E-state index is 12.1. The molecule has 0 aliphatic heterocycles. The van der Waals surface area contributed by atoms with Gasteiger partial charge in [0.2, 0.25) is 5.91 Å². The molecule has 126 valence electrons. The molecule has 0 unspecified atom stereocenters. The van der Waals surface area contributed by atoms with Gasteiger partial charge in [-0.2, -0.15) is 5.10 Å². The first kappa shape index (κ1) is 16.9. The number of nitrogens with one attached hydrogen (secondary N) is 1. The van der Waals surface area contributed by atoms with E-state index in [-0.39, 0.29) is 12.5 Å². The number of aromatic nitrogens is 1. The highest BCUT2D eigenvalue weighted by atomic mass is 79.9. The number of primary amides is 1. The van der Waals surface area contributed by atoms with E-state index in [1.165, 1.54) is 0 Å². The Bertz CT molecular complexity index is 978. The van der Waals surface area contributed by atoms with Crippen molar-refractivity contribution in [3.63, 3.8) is 0 Å². The van der Waals surface area contributed by atoms with E-state index in [2.05, 4.69) is 26.5 Å². The molecule has 1 heterocycles. The van der Waals surface area contributed by atoms with Gasteiger partial charge in [-0.15, -0.1) is 0 Å². The van der Waals surface area contributed by atoms with E-state index in [4.69, 9.17) is 5.73 Å². The Labute approximate surface area is 152 Å². The zero-order valence-corrected chi connectivity index (χ0v) is 14.7. The quantitative estimate of drug-likeness (QED) is 0.510. The Kier molecular flexibility index (Phi) is 4.95. The summed E-state index contributed by atoms with van der Waals surface area (Å²) >= 11 is 3.33. The SMILES string of the molecule is NC(=O)Cn1cc(C=NNC(=O)c2ccccc2Br)c2ccccc21. The number of hydrogen-bond donors (Lipinski definition) is 2. The van der Waals surface area contributed by atoms with Gasteiger partial charge in [0, 0.05) is 27.1 Å². The Balaban J connectivity index is 1.83. The molecule has 0 atom stereocenters. The van der Waals surface area contributed by atoms with E-state index in [0.717, 1.165) is 16.5 Å². The van der Waals surface area contributed by atoms with Gasteiger partial charge in [0.15, 0.2) is 0 Å². The summed E-state index contributed by atoms with van der Waals surface area (Å²) in [6, 6.07) is 14.7. The van der Waals surface area contributed by atoms with E-state index in [9.17, 15) is 9.59 Å². The maximum Gasteiger partial charge on any atom is 0.272 e. The van der Waals surface area contributed by atoms with Crippen LogP contribution in [0.15, 0.2) is 64.3 Å². The van der Waals surface area contributed by atoms with Gasteiger partial charge in [0.25, 0.3) is 5.91 Å². The third-order valence-corrected chi connectivity index (χ3v) is 4.33. The summed E-state index contributed by atoms with van der Waals surface area (Å²) in [6.07, 6.45) is 3.33.